The number of hydrogen-bond acceptors (Lipinski definition) is 3. The van der Waals surface area contributed by atoms with Crippen LogP contribution in [0.4, 0.5) is 5.69 Å². The van der Waals surface area contributed by atoms with E-state index in [1.54, 1.807) is 0 Å². The summed E-state index contributed by atoms with van der Waals surface area (Å²) in [5, 5.41) is 0. The molecule has 0 aliphatic carbocycles. The van der Waals surface area contributed by atoms with Gasteiger partial charge in [-0.15, -0.1) is 0 Å². The molecule has 0 fully saturated rings. The van der Waals surface area contributed by atoms with Crippen LogP contribution in [0.15, 0.2) is 78.4 Å². The minimum Gasteiger partial charge on any atom is -0.489 e. The van der Waals surface area contributed by atoms with E-state index >= 15 is 0 Å². The van der Waals surface area contributed by atoms with Crippen LogP contribution in [-0.4, -0.2) is 19.7 Å². The number of hydrogen-bond donors (Lipinski definition) is 0. The number of fused-ring (bicyclic) bond motifs is 4. The molecule has 5 rings (SSSR count). The monoisotopic (exact) mass is 383 g/mol. The first-order valence-electron chi connectivity index (χ1n) is 10.3. The molecule has 0 spiro atoms. The van der Waals surface area contributed by atoms with Crippen molar-refractivity contribution in [3.8, 4) is 11.5 Å². The Hall–Kier alpha value is -3.20. The van der Waals surface area contributed by atoms with Crippen molar-refractivity contribution in [3.63, 3.8) is 0 Å². The zero-order valence-electron chi connectivity index (χ0n) is 16.9. The van der Waals surface area contributed by atoms with Crippen LogP contribution in [0.25, 0.3) is 6.08 Å². The lowest BCUT2D eigenvalue weighted by atomic mass is 9.76. The summed E-state index contributed by atoms with van der Waals surface area (Å²) in [6.45, 7) is 6.82. The third-order valence-corrected chi connectivity index (χ3v) is 6.00. The molecule has 0 amide bonds. The van der Waals surface area contributed by atoms with Crippen LogP contribution in [0.2, 0.25) is 0 Å². The molecule has 29 heavy (non-hydrogen) atoms. The number of para-hydroxylation sites is 1. The molecule has 2 aliphatic rings. The second-order valence-electron chi connectivity index (χ2n) is 7.50. The van der Waals surface area contributed by atoms with E-state index in [0.717, 1.165) is 46.9 Å². The topological polar surface area (TPSA) is 21.7 Å². The fourth-order valence-corrected chi connectivity index (χ4v) is 4.52. The van der Waals surface area contributed by atoms with E-state index in [1.165, 1.54) is 5.69 Å². The predicted octanol–water partition coefficient (Wildman–Crippen LogP) is 5.64. The lowest BCUT2D eigenvalue weighted by molar-refractivity contribution is 0.112. The summed E-state index contributed by atoms with van der Waals surface area (Å²) in [7, 11) is 0. The second kappa shape index (κ2) is 7.00. The first-order chi connectivity index (χ1) is 14.3. The van der Waals surface area contributed by atoms with Crippen molar-refractivity contribution < 1.29 is 9.47 Å². The van der Waals surface area contributed by atoms with Gasteiger partial charge in [-0.3, -0.25) is 0 Å². The summed E-state index contributed by atoms with van der Waals surface area (Å²) in [5.41, 5.74) is 4.94. The molecule has 3 heteroatoms. The first kappa shape index (κ1) is 17.9. The average molecular weight is 383 g/mol. The summed E-state index contributed by atoms with van der Waals surface area (Å²) in [4.78, 5) is 2.34. The maximum atomic E-state index is 6.94. The van der Waals surface area contributed by atoms with Crippen molar-refractivity contribution in [2.45, 2.75) is 19.4 Å². The quantitative estimate of drug-likeness (QED) is 0.581. The molecular formula is C26H25NO2. The zero-order valence-corrected chi connectivity index (χ0v) is 16.9. The lowest BCUT2D eigenvalue weighted by Crippen LogP contribution is -2.43. The molecule has 0 radical (unpaired) electrons. The predicted molar refractivity (Wildman–Crippen MR) is 118 cm³/mol. The molecule has 0 saturated heterocycles. The van der Waals surface area contributed by atoms with Gasteiger partial charge in [0.15, 0.2) is 5.60 Å². The smallest absolute Gasteiger partial charge is 0.187 e. The summed E-state index contributed by atoms with van der Waals surface area (Å²) in [6, 6.07) is 25.2. The first-order valence-corrected chi connectivity index (χ1v) is 10.3. The van der Waals surface area contributed by atoms with Crippen molar-refractivity contribution >= 4 is 11.8 Å². The van der Waals surface area contributed by atoms with E-state index in [4.69, 9.17) is 9.47 Å². The summed E-state index contributed by atoms with van der Waals surface area (Å²) in [6.07, 6.45) is 2.24. The Bertz CT molecular complexity index is 1070. The highest BCUT2D eigenvalue weighted by Gasteiger charge is 2.47. The van der Waals surface area contributed by atoms with Crippen LogP contribution in [0.1, 0.15) is 30.5 Å². The minimum absolute atomic E-state index is 0.517. The van der Waals surface area contributed by atoms with Gasteiger partial charge in [-0.25, -0.2) is 0 Å². The standard InChI is InChI=1S/C26H25NO2/c1-3-27(4-2)22-15-14-19-16-21-18-28-24-13-9-8-12-23(24)26(21,29-25(19)17-22)20-10-6-5-7-11-20/h5-17H,3-4,18H2,1-2H3. The molecule has 1 atom stereocenters. The van der Waals surface area contributed by atoms with E-state index in [1.807, 2.05) is 18.2 Å². The molecule has 0 bridgehead atoms. The number of ether oxygens (including phenoxy) is 2. The highest BCUT2D eigenvalue weighted by molar-refractivity contribution is 5.73. The molecule has 3 nitrogen and oxygen atoms in total. The number of rotatable bonds is 4. The van der Waals surface area contributed by atoms with Gasteiger partial charge in [-0.1, -0.05) is 48.5 Å². The minimum atomic E-state index is -0.662. The van der Waals surface area contributed by atoms with Crippen LogP contribution in [0, 0.1) is 0 Å². The molecule has 0 saturated carbocycles. The number of anilines is 1. The van der Waals surface area contributed by atoms with Crippen molar-refractivity contribution in [1.29, 1.82) is 0 Å². The molecule has 146 valence electrons. The van der Waals surface area contributed by atoms with Crippen molar-refractivity contribution in [3.05, 3.63) is 95.1 Å². The van der Waals surface area contributed by atoms with Gasteiger partial charge in [-0.2, -0.15) is 0 Å². The Labute approximate surface area is 172 Å². The molecule has 2 aliphatic heterocycles. The Morgan fingerprint density at radius 2 is 1.62 bits per heavy atom. The maximum absolute atomic E-state index is 6.94. The molecule has 3 aromatic carbocycles. The van der Waals surface area contributed by atoms with Crippen LogP contribution in [-0.2, 0) is 5.60 Å². The average Bonchev–Trinajstić information content (AvgIpc) is 2.79. The van der Waals surface area contributed by atoms with Crippen molar-refractivity contribution in [1.82, 2.24) is 0 Å². The number of benzene rings is 3. The Kier molecular flexibility index (Phi) is 4.31. The van der Waals surface area contributed by atoms with Crippen molar-refractivity contribution in [2.75, 3.05) is 24.6 Å². The van der Waals surface area contributed by atoms with Gasteiger partial charge in [0.25, 0.3) is 0 Å². The molecule has 1 unspecified atom stereocenters. The van der Waals surface area contributed by atoms with E-state index < -0.39 is 5.60 Å². The summed E-state index contributed by atoms with van der Waals surface area (Å²) < 4.78 is 13.0. The van der Waals surface area contributed by atoms with Crippen LogP contribution >= 0.6 is 0 Å². The third-order valence-electron chi connectivity index (χ3n) is 6.00. The SMILES string of the molecule is CCN(CC)c1ccc2c(c1)OC1(c3ccccc3)C(=C2)COc2ccccc21. The van der Waals surface area contributed by atoms with Gasteiger partial charge in [0.1, 0.15) is 18.1 Å². The number of nitrogens with zero attached hydrogens (tertiary/aromatic N) is 1. The summed E-state index contributed by atoms with van der Waals surface area (Å²) >= 11 is 0. The Balaban J connectivity index is 1.73. The van der Waals surface area contributed by atoms with Gasteiger partial charge in [0.2, 0.25) is 0 Å². The van der Waals surface area contributed by atoms with E-state index in [2.05, 4.69) is 79.4 Å². The summed E-state index contributed by atoms with van der Waals surface area (Å²) in [5.74, 6) is 1.80. The normalized spacial score (nSPS) is 19.0. The van der Waals surface area contributed by atoms with E-state index in [-0.39, 0.29) is 0 Å². The zero-order chi connectivity index (χ0) is 19.8. The Morgan fingerprint density at radius 1 is 0.862 bits per heavy atom. The van der Waals surface area contributed by atoms with E-state index in [0.29, 0.717) is 6.61 Å². The maximum Gasteiger partial charge on any atom is 0.187 e. The van der Waals surface area contributed by atoms with Crippen LogP contribution in [0.3, 0.4) is 0 Å². The fourth-order valence-electron chi connectivity index (χ4n) is 4.52. The molecule has 3 aromatic rings. The van der Waals surface area contributed by atoms with Crippen LogP contribution < -0.4 is 14.4 Å². The highest BCUT2D eigenvalue weighted by Crippen LogP contribution is 2.51. The van der Waals surface area contributed by atoms with E-state index in [9.17, 15) is 0 Å². The molecule has 0 aromatic heterocycles. The lowest BCUT2D eigenvalue weighted by Gasteiger charge is -2.44. The van der Waals surface area contributed by atoms with Gasteiger partial charge < -0.3 is 14.4 Å². The highest BCUT2D eigenvalue weighted by atomic mass is 16.5. The fraction of sp³-hybridized carbons (Fsp3) is 0.231. The second-order valence-corrected chi connectivity index (χ2v) is 7.50. The van der Waals surface area contributed by atoms with Crippen molar-refractivity contribution in [2.24, 2.45) is 0 Å². The third kappa shape index (κ3) is 2.72. The van der Waals surface area contributed by atoms with Crippen LogP contribution in [0.5, 0.6) is 11.5 Å². The molecule has 0 N–H and O–H groups in total. The van der Waals surface area contributed by atoms with Gasteiger partial charge in [-0.05, 0) is 38.1 Å². The van der Waals surface area contributed by atoms with Gasteiger partial charge >= 0.3 is 0 Å². The van der Waals surface area contributed by atoms with Gasteiger partial charge in [0, 0.05) is 47.1 Å². The molecular weight excluding hydrogens is 358 g/mol. The molecule has 2 heterocycles. The van der Waals surface area contributed by atoms with Gasteiger partial charge in [0.05, 0.1) is 0 Å². The Morgan fingerprint density at radius 3 is 2.41 bits per heavy atom. The largest absolute Gasteiger partial charge is 0.489 e.